The average Bonchev–Trinajstić information content (AvgIpc) is 2.71. The fraction of sp³-hybridized carbons (Fsp3) is 0.769. The van der Waals surface area contributed by atoms with Gasteiger partial charge in [-0.25, -0.2) is 0 Å². The maximum Gasteiger partial charge on any atom is 0.319 e. The Hall–Kier alpha value is -1.19. The number of Topliss-reactive ketones (excluding diaryl/α,β-unsaturated/α-hetero) is 2. The van der Waals surface area contributed by atoms with Crippen molar-refractivity contribution in [1.29, 1.82) is 0 Å². The van der Waals surface area contributed by atoms with Gasteiger partial charge in [0, 0.05) is 19.3 Å². The van der Waals surface area contributed by atoms with Gasteiger partial charge in [0.1, 0.15) is 17.0 Å². The molecule has 2 fully saturated rings. The predicted octanol–water partition coefficient (Wildman–Crippen LogP) is 1.66. The lowest BCUT2D eigenvalue weighted by molar-refractivity contribution is -0.161. The molecule has 0 bridgehead atoms. The molecule has 4 heteroatoms. The van der Waals surface area contributed by atoms with Crippen LogP contribution in [0.5, 0.6) is 0 Å². The molecule has 0 radical (unpaired) electrons. The van der Waals surface area contributed by atoms with Gasteiger partial charge < -0.3 is 4.74 Å². The molecule has 17 heavy (non-hydrogen) atoms. The highest BCUT2D eigenvalue weighted by Gasteiger charge is 2.55. The van der Waals surface area contributed by atoms with Crippen LogP contribution in [-0.4, -0.2) is 24.6 Å². The lowest BCUT2D eigenvalue weighted by atomic mass is 9.66. The van der Waals surface area contributed by atoms with Gasteiger partial charge in [0.05, 0.1) is 7.11 Å². The molecule has 2 unspecified atom stereocenters. The Labute approximate surface area is 101 Å². The first kappa shape index (κ1) is 12.3. The molecule has 2 rings (SSSR count). The summed E-state index contributed by atoms with van der Waals surface area (Å²) < 4.78 is 4.83. The van der Waals surface area contributed by atoms with Crippen molar-refractivity contribution in [2.24, 2.45) is 11.3 Å². The Morgan fingerprint density at radius 2 is 2.06 bits per heavy atom. The third-order valence-corrected chi connectivity index (χ3v) is 4.20. The van der Waals surface area contributed by atoms with E-state index in [1.807, 2.05) is 0 Å². The van der Waals surface area contributed by atoms with Crippen LogP contribution in [0.15, 0.2) is 0 Å². The normalized spacial score (nSPS) is 33.8. The molecule has 0 heterocycles. The van der Waals surface area contributed by atoms with Crippen molar-refractivity contribution in [3.8, 4) is 0 Å². The molecule has 2 aliphatic rings. The molecule has 0 aromatic heterocycles. The van der Waals surface area contributed by atoms with E-state index in [4.69, 9.17) is 4.74 Å². The fourth-order valence-corrected chi connectivity index (χ4v) is 3.33. The monoisotopic (exact) mass is 238 g/mol. The van der Waals surface area contributed by atoms with E-state index in [2.05, 4.69) is 0 Å². The van der Waals surface area contributed by atoms with Crippen LogP contribution in [-0.2, 0) is 19.1 Å². The lowest BCUT2D eigenvalue weighted by Crippen LogP contribution is -2.45. The molecule has 0 N–H and O–H groups in total. The third-order valence-electron chi connectivity index (χ3n) is 4.20. The molecule has 0 aromatic rings. The number of carbonyl (C=O) groups excluding carboxylic acids is 3. The second-order valence-electron chi connectivity index (χ2n) is 5.07. The van der Waals surface area contributed by atoms with Crippen LogP contribution in [0.4, 0.5) is 0 Å². The first-order valence-electron chi connectivity index (χ1n) is 6.24. The van der Waals surface area contributed by atoms with Crippen LogP contribution in [0.2, 0.25) is 0 Å². The minimum absolute atomic E-state index is 0.0240. The number of rotatable bonds is 2. The number of hydrogen-bond donors (Lipinski definition) is 0. The van der Waals surface area contributed by atoms with Crippen LogP contribution in [0, 0.1) is 11.3 Å². The highest BCUT2D eigenvalue weighted by atomic mass is 16.5. The number of carbonyl (C=O) groups is 3. The van der Waals surface area contributed by atoms with E-state index < -0.39 is 11.4 Å². The van der Waals surface area contributed by atoms with Gasteiger partial charge >= 0.3 is 5.97 Å². The minimum Gasteiger partial charge on any atom is -0.468 e. The number of ketones is 2. The van der Waals surface area contributed by atoms with Gasteiger partial charge in [0.25, 0.3) is 0 Å². The largest absolute Gasteiger partial charge is 0.468 e. The maximum absolute atomic E-state index is 12.1. The molecule has 2 saturated carbocycles. The molecule has 0 amide bonds. The Morgan fingerprint density at radius 1 is 1.29 bits per heavy atom. The van der Waals surface area contributed by atoms with Crippen LogP contribution in [0.3, 0.4) is 0 Å². The first-order valence-corrected chi connectivity index (χ1v) is 6.24. The molecule has 0 aliphatic heterocycles. The molecular weight excluding hydrogens is 220 g/mol. The fourth-order valence-electron chi connectivity index (χ4n) is 3.33. The Balaban J connectivity index is 2.30. The number of ether oxygens (including phenoxy) is 1. The molecule has 0 saturated heterocycles. The number of methoxy groups -OCH3 is 1. The van der Waals surface area contributed by atoms with Gasteiger partial charge in [-0.3, -0.25) is 14.4 Å². The SMILES string of the molecule is COC(=O)C1(C2CCCC(=O)C2)CCCC1=O. The molecule has 0 spiro atoms. The summed E-state index contributed by atoms with van der Waals surface area (Å²) in [5.74, 6) is -0.417. The molecule has 2 aliphatic carbocycles. The standard InChI is InChI=1S/C13H18O4/c1-17-12(16)13(7-3-6-11(13)15)9-4-2-5-10(14)8-9/h9H,2-8H2,1H3. The Morgan fingerprint density at radius 3 is 2.59 bits per heavy atom. The van der Waals surface area contributed by atoms with Crippen molar-refractivity contribution < 1.29 is 19.1 Å². The van der Waals surface area contributed by atoms with Gasteiger partial charge in [-0.05, 0) is 31.6 Å². The predicted molar refractivity (Wildman–Crippen MR) is 60.3 cm³/mol. The summed E-state index contributed by atoms with van der Waals surface area (Å²) in [5.41, 5.74) is -1.01. The smallest absolute Gasteiger partial charge is 0.319 e. The summed E-state index contributed by atoms with van der Waals surface area (Å²) in [6.07, 6.45) is 4.25. The van der Waals surface area contributed by atoms with E-state index in [1.54, 1.807) is 0 Å². The highest BCUT2D eigenvalue weighted by Crippen LogP contribution is 2.47. The van der Waals surface area contributed by atoms with Crippen LogP contribution < -0.4 is 0 Å². The molecule has 2 atom stereocenters. The first-order chi connectivity index (χ1) is 8.11. The van der Waals surface area contributed by atoms with Gasteiger partial charge in [-0.2, -0.15) is 0 Å². The van der Waals surface area contributed by atoms with Crippen molar-refractivity contribution in [3.05, 3.63) is 0 Å². The summed E-state index contributed by atoms with van der Waals surface area (Å²) in [4.78, 5) is 35.6. The van der Waals surface area contributed by atoms with Crippen LogP contribution >= 0.6 is 0 Å². The molecule has 0 aromatic carbocycles. The zero-order chi connectivity index (χ0) is 12.5. The van der Waals surface area contributed by atoms with E-state index in [-0.39, 0.29) is 17.5 Å². The Bertz CT molecular complexity index is 360. The molecular formula is C13H18O4. The summed E-state index contributed by atoms with van der Waals surface area (Å²) in [6.45, 7) is 0. The van der Waals surface area contributed by atoms with Crippen LogP contribution in [0.25, 0.3) is 0 Å². The van der Waals surface area contributed by atoms with Gasteiger partial charge in [-0.15, -0.1) is 0 Å². The highest BCUT2D eigenvalue weighted by molar-refractivity contribution is 6.06. The van der Waals surface area contributed by atoms with E-state index >= 15 is 0 Å². The minimum atomic E-state index is -1.01. The Kier molecular flexibility index (Phi) is 3.31. The van der Waals surface area contributed by atoms with Gasteiger partial charge in [0.15, 0.2) is 0 Å². The quantitative estimate of drug-likeness (QED) is 0.542. The van der Waals surface area contributed by atoms with Crippen LogP contribution in [0.1, 0.15) is 44.9 Å². The van der Waals surface area contributed by atoms with Crippen molar-refractivity contribution >= 4 is 17.5 Å². The maximum atomic E-state index is 12.1. The van der Waals surface area contributed by atoms with Gasteiger partial charge in [0.2, 0.25) is 0 Å². The number of esters is 1. The topological polar surface area (TPSA) is 60.4 Å². The summed E-state index contributed by atoms with van der Waals surface area (Å²) in [5, 5.41) is 0. The van der Waals surface area contributed by atoms with E-state index in [0.29, 0.717) is 25.7 Å². The number of hydrogen-bond acceptors (Lipinski definition) is 4. The second-order valence-corrected chi connectivity index (χ2v) is 5.07. The average molecular weight is 238 g/mol. The van der Waals surface area contributed by atoms with Gasteiger partial charge in [-0.1, -0.05) is 0 Å². The summed E-state index contributed by atoms with van der Waals surface area (Å²) in [6, 6.07) is 0. The molecule has 4 nitrogen and oxygen atoms in total. The zero-order valence-corrected chi connectivity index (χ0v) is 10.2. The lowest BCUT2D eigenvalue weighted by Gasteiger charge is -2.35. The zero-order valence-electron chi connectivity index (χ0n) is 10.2. The van der Waals surface area contributed by atoms with Crippen molar-refractivity contribution in [3.63, 3.8) is 0 Å². The van der Waals surface area contributed by atoms with Crippen molar-refractivity contribution in [2.75, 3.05) is 7.11 Å². The molecule has 94 valence electrons. The van der Waals surface area contributed by atoms with Crippen molar-refractivity contribution in [1.82, 2.24) is 0 Å². The second kappa shape index (κ2) is 4.59. The van der Waals surface area contributed by atoms with Crippen molar-refractivity contribution in [2.45, 2.75) is 44.9 Å². The van der Waals surface area contributed by atoms with E-state index in [9.17, 15) is 14.4 Å². The van der Waals surface area contributed by atoms with E-state index in [0.717, 1.165) is 19.3 Å². The summed E-state index contributed by atoms with van der Waals surface area (Å²) in [7, 11) is 1.32. The third kappa shape index (κ3) is 1.90. The van der Waals surface area contributed by atoms with E-state index in [1.165, 1.54) is 7.11 Å². The summed E-state index contributed by atoms with van der Waals surface area (Å²) >= 11 is 0.